The molecule has 2 aromatic carbocycles. The summed E-state index contributed by atoms with van der Waals surface area (Å²) in [5.41, 5.74) is 2.89. The number of carbonyl (C=O) groups excluding carboxylic acids is 3. The second-order valence-corrected chi connectivity index (χ2v) is 9.45. The molecule has 40 heavy (non-hydrogen) atoms. The Morgan fingerprint density at radius 3 is 1.85 bits per heavy atom. The highest BCUT2D eigenvalue weighted by atomic mass is 16.8. The Balaban J connectivity index is 1.76. The summed E-state index contributed by atoms with van der Waals surface area (Å²) in [4.78, 5) is 36.1. The van der Waals surface area contributed by atoms with Gasteiger partial charge in [0.05, 0.1) is 12.2 Å². The van der Waals surface area contributed by atoms with Crippen molar-refractivity contribution in [1.82, 2.24) is 15.0 Å². The lowest BCUT2D eigenvalue weighted by Gasteiger charge is -2.12. The molecular weight excluding hydrogens is 522 g/mol. The van der Waals surface area contributed by atoms with E-state index < -0.39 is 44.0 Å². The molecule has 0 N–H and O–H groups in total. The summed E-state index contributed by atoms with van der Waals surface area (Å²) >= 11 is 0. The lowest BCUT2D eigenvalue weighted by molar-refractivity contribution is -0.0348. The molecule has 0 amide bonds. The summed E-state index contributed by atoms with van der Waals surface area (Å²) in [6.07, 6.45) is -2.74. The number of rotatable bonds is 11. The number of nitrogens with zero attached hydrogens (tertiary/aromatic N) is 3. The Morgan fingerprint density at radius 2 is 1.30 bits per heavy atom. The Bertz CT molecular complexity index is 1280. The molecule has 0 aliphatic heterocycles. The first-order valence-corrected chi connectivity index (χ1v) is 12.7. The lowest BCUT2D eigenvalue weighted by atomic mass is 9.99. The van der Waals surface area contributed by atoms with Crippen molar-refractivity contribution in [2.24, 2.45) is 0 Å². The van der Waals surface area contributed by atoms with Gasteiger partial charge in [0.1, 0.15) is 5.75 Å². The van der Waals surface area contributed by atoms with Crippen molar-refractivity contribution in [2.45, 2.75) is 66.4 Å². The molecular formula is C28H33N3O9. The average molecular weight is 556 g/mol. The number of hydrogen-bond donors (Lipinski definition) is 0. The maximum Gasteiger partial charge on any atom is 0.511 e. The molecule has 12 heteroatoms. The van der Waals surface area contributed by atoms with E-state index >= 15 is 0 Å². The van der Waals surface area contributed by atoms with E-state index in [2.05, 4.69) is 36.3 Å². The quantitative estimate of drug-likeness (QED) is 0.155. The van der Waals surface area contributed by atoms with E-state index in [9.17, 15) is 14.4 Å². The number of ether oxygens (including phenoxy) is 6. The lowest BCUT2D eigenvalue weighted by Crippen LogP contribution is -2.18. The van der Waals surface area contributed by atoms with Crippen molar-refractivity contribution in [3.63, 3.8) is 0 Å². The van der Waals surface area contributed by atoms with Crippen LogP contribution in [0.5, 0.6) is 11.6 Å². The highest BCUT2D eigenvalue weighted by Crippen LogP contribution is 2.29. The molecule has 12 nitrogen and oxygen atoms in total. The Kier molecular flexibility index (Phi) is 10.5. The number of benzene rings is 2. The van der Waals surface area contributed by atoms with Crippen LogP contribution in [-0.2, 0) is 30.4 Å². The molecule has 0 fully saturated rings. The van der Waals surface area contributed by atoms with Crippen LogP contribution < -0.4 is 4.74 Å². The standard InChI is InChI=1S/C28H33N3O9/c1-17(2)20-7-9-21(10-8-20)22-11-13-23(14-12-22)40-25-24(26(32)36-16-37-28(34)39-19(5)6)29-30-31(25)15-35-27(33)38-18(3)4/h7-14,17-19H,15-16H2,1-6H3. The van der Waals surface area contributed by atoms with E-state index in [1.165, 1.54) is 5.56 Å². The Hall–Kier alpha value is -4.61. The number of esters is 1. The van der Waals surface area contributed by atoms with Crippen molar-refractivity contribution in [3.05, 3.63) is 59.8 Å². The van der Waals surface area contributed by atoms with Gasteiger partial charge < -0.3 is 28.4 Å². The molecule has 0 aliphatic rings. The van der Waals surface area contributed by atoms with Gasteiger partial charge in [0, 0.05) is 0 Å². The zero-order valence-electron chi connectivity index (χ0n) is 23.3. The fraction of sp³-hybridized carbons (Fsp3) is 0.393. The van der Waals surface area contributed by atoms with E-state index in [1.807, 2.05) is 24.3 Å². The molecule has 3 rings (SSSR count). The van der Waals surface area contributed by atoms with Crippen LogP contribution >= 0.6 is 0 Å². The molecule has 0 spiro atoms. The molecule has 1 heterocycles. The van der Waals surface area contributed by atoms with Crippen LogP contribution in [0.4, 0.5) is 9.59 Å². The second-order valence-electron chi connectivity index (χ2n) is 9.45. The molecule has 214 valence electrons. The van der Waals surface area contributed by atoms with Gasteiger partial charge in [-0.3, -0.25) is 0 Å². The number of aromatic nitrogens is 3. The molecule has 0 atom stereocenters. The molecule has 3 aromatic rings. The van der Waals surface area contributed by atoms with Crippen molar-refractivity contribution in [2.75, 3.05) is 6.79 Å². The van der Waals surface area contributed by atoms with Crippen LogP contribution in [0.25, 0.3) is 11.1 Å². The zero-order valence-corrected chi connectivity index (χ0v) is 23.3. The minimum atomic E-state index is -1.00. The summed E-state index contributed by atoms with van der Waals surface area (Å²) < 4.78 is 31.4. The molecule has 0 saturated heterocycles. The second kappa shape index (κ2) is 14.0. The third-order valence-electron chi connectivity index (χ3n) is 5.20. The largest absolute Gasteiger partial charge is 0.511 e. The summed E-state index contributed by atoms with van der Waals surface area (Å²) in [6, 6.07) is 15.4. The van der Waals surface area contributed by atoms with Crippen molar-refractivity contribution in [1.29, 1.82) is 0 Å². The molecule has 1 aromatic heterocycles. The van der Waals surface area contributed by atoms with Crippen LogP contribution in [0.1, 0.15) is 63.5 Å². The van der Waals surface area contributed by atoms with Gasteiger partial charge >= 0.3 is 18.3 Å². The third kappa shape index (κ3) is 8.72. The molecule has 0 radical (unpaired) electrons. The first-order chi connectivity index (χ1) is 19.0. The molecule has 0 aliphatic carbocycles. The molecule has 0 unspecified atom stereocenters. The summed E-state index contributed by atoms with van der Waals surface area (Å²) in [6.45, 7) is 9.71. The highest BCUT2D eigenvalue weighted by Gasteiger charge is 2.25. The first kappa shape index (κ1) is 29.9. The Labute approximate surface area is 232 Å². The predicted octanol–water partition coefficient (Wildman–Crippen LogP) is 6.06. The van der Waals surface area contributed by atoms with Crippen LogP contribution in [-0.4, -0.2) is 52.3 Å². The number of hydrogen-bond acceptors (Lipinski definition) is 11. The van der Waals surface area contributed by atoms with Crippen molar-refractivity contribution < 1.29 is 42.8 Å². The highest BCUT2D eigenvalue weighted by molar-refractivity contribution is 5.89. The van der Waals surface area contributed by atoms with Crippen molar-refractivity contribution in [3.8, 4) is 22.8 Å². The Morgan fingerprint density at radius 1 is 0.750 bits per heavy atom. The van der Waals surface area contributed by atoms with Crippen molar-refractivity contribution >= 4 is 18.3 Å². The van der Waals surface area contributed by atoms with Gasteiger partial charge in [-0.05, 0) is 62.4 Å². The molecule has 0 bridgehead atoms. The maximum atomic E-state index is 12.7. The smallest absolute Gasteiger partial charge is 0.437 e. The minimum absolute atomic E-state index is 0.166. The van der Waals surface area contributed by atoms with Crippen LogP contribution in [0.3, 0.4) is 0 Å². The normalized spacial score (nSPS) is 10.9. The van der Waals surface area contributed by atoms with Crippen LogP contribution in [0, 0.1) is 0 Å². The van der Waals surface area contributed by atoms with Gasteiger partial charge in [-0.25, -0.2) is 14.4 Å². The average Bonchev–Trinajstić information content (AvgIpc) is 3.29. The fourth-order valence-electron chi connectivity index (χ4n) is 3.27. The third-order valence-corrected chi connectivity index (χ3v) is 5.20. The van der Waals surface area contributed by atoms with Gasteiger partial charge in [0.25, 0.3) is 5.88 Å². The van der Waals surface area contributed by atoms with E-state index in [0.717, 1.165) is 15.8 Å². The zero-order chi connectivity index (χ0) is 29.2. The first-order valence-electron chi connectivity index (χ1n) is 12.7. The van der Waals surface area contributed by atoms with Gasteiger partial charge in [-0.1, -0.05) is 55.5 Å². The summed E-state index contributed by atoms with van der Waals surface area (Å²) in [7, 11) is 0. The van der Waals surface area contributed by atoms with E-state index in [4.69, 9.17) is 28.4 Å². The molecule has 0 saturated carbocycles. The summed E-state index contributed by atoms with van der Waals surface area (Å²) in [5, 5.41) is 7.62. The fourth-order valence-corrected chi connectivity index (χ4v) is 3.27. The minimum Gasteiger partial charge on any atom is -0.437 e. The van der Waals surface area contributed by atoms with Gasteiger partial charge in [-0.2, -0.15) is 4.68 Å². The summed E-state index contributed by atoms with van der Waals surface area (Å²) in [5.74, 6) is -0.381. The predicted molar refractivity (Wildman–Crippen MR) is 142 cm³/mol. The van der Waals surface area contributed by atoms with Gasteiger partial charge in [0.15, 0.2) is 6.73 Å². The van der Waals surface area contributed by atoms with E-state index in [-0.39, 0.29) is 11.6 Å². The maximum absolute atomic E-state index is 12.7. The van der Waals surface area contributed by atoms with Crippen LogP contribution in [0.2, 0.25) is 0 Å². The van der Waals surface area contributed by atoms with Crippen LogP contribution in [0.15, 0.2) is 48.5 Å². The van der Waals surface area contributed by atoms with Gasteiger partial charge in [0.2, 0.25) is 12.5 Å². The topological polar surface area (TPSA) is 137 Å². The monoisotopic (exact) mass is 555 g/mol. The van der Waals surface area contributed by atoms with E-state index in [1.54, 1.807) is 39.8 Å². The van der Waals surface area contributed by atoms with E-state index in [0.29, 0.717) is 11.7 Å². The SMILES string of the molecule is CC(C)OC(=O)OCOC(=O)c1nnn(COC(=O)OC(C)C)c1Oc1ccc(-c2ccc(C(C)C)cc2)cc1. The number of carbonyl (C=O) groups is 3. The van der Waals surface area contributed by atoms with Gasteiger partial charge in [-0.15, -0.1) is 5.10 Å².